The van der Waals surface area contributed by atoms with Gasteiger partial charge in [-0.15, -0.1) is 0 Å². The first-order valence-corrected chi connectivity index (χ1v) is 13.2. The minimum absolute atomic E-state index is 0.174. The number of carbonyl (C=O) groups excluding carboxylic acids is 1. The lowest BCUT2D eigenvalue weighted by molar-refractivity contribution is 0.104. The van der Waals surface area contributed by atoms with E-state index in [1.807, 2.05) is 54.6 Å². The highest BCUT2D eigenvalue weighted by Crippen LogP contribution is 2.47. The topological polar surface area (TPSA) is 63.2 Å². The van der Waals surface area contributed by atoms with Gasteiger partial charge in [-0.2, -0.15) is 0 Å². The third-order valence-corrected chi connectivity index (χ3v) is 7.24. The standard InChI is InChI=1S/C35H32O6/c1-22-10-6-7-11-25(22)34-26-12-8-9-13-29(26)41-35(24-15-19-31(38-3)33(21-24)40-5)27(34)16-17-28(36)23-14-18-30(37-2)32(20-23)39-4/h6-21,34H,1-5H3/b17-16+. The Morgan fingerprint density at radius 2 is 1.32 bits per heavy atom. The maximum absolute atomic E-state index is 13.5. The Kier molecular flexibility index (Phi) is 8.11. The highest BCUT2D eigenvalue weighted by atomic mass is 16.5. The van der Waals surface area contributed by atoms with E-state index in [9.17, 15) is 4.79 Å². The second kappa shape index (κ2) is 12.0. The average Bonchev–Trinajstić information content (AvgIpc) is 3.02. The third kappa shape index (κ3) is 5.41. The maximum atomic E-state index is 13.5. The third-order valence-electron chi connectivity index (χ3n) is 7.24. The highest BCUT2D eigenvalue weighted by Gasteiger charge is 2.31. The van der Waals surface area contributed by atoms with Gasteiger partial charge >= 0.3 is 0 Å². The van der Waals surface area contributed by atoms with E-state index in [2.05, 4.69) is 25.1 Å². The second-order valence-corrected chi connectivity index (χ2v) is 9.55. The van der Waals surface area contributed by atoms with Crippen molar-refractivity contribution < 1.29 is 28.5 Å². The molecule has 0 bridgehead atoms. The summed E-state index contributed by atoms with van der Waals surface area (Å²) in [6.45, 7) is 2.10. The smallest absolute Gasteiger partial charge is 0.185 e. The quantitative estimate of drug-likeness (QED) is 0.160. The van der Waals surface area contributed by atoms with Crippen LogP contribution < -0.4 is 23.7 Å². The molecule has 0 fully saturated rings. The molecule has 0 spiro atoms. The summed E-state index contributed by atoms with van der Waals surface area (Å²) in [6, 6.07) is 27.1. The average molecular weight is 549 g/mol. The van der Waals surface area contributed by atoms with Crippen LogP contribution in [0.2, 0.25) is 0 Å². The summed E-state index contributed by atoms with van der Waals surface area (Å²) in [5.74, 6) is 3.28. The summed E-state index contributed by atoms with van der Waals surface area (Å²) in [5.41, 5.74) is 5.41. The zero-order valence-electron chi connectivity index (χ0n) is 23.8. The van der Waals surface area contributed by atoms with Gasteiger partial charge in [0.25, 0.3) is 0 Å². The molecule has 1 atom stereocenters. The molecule has 1 aliphatic rings. The number of hydrogen-bond acceptors (Lipinski definition) is 6. The van der Waals surface area contributed by atoms with E-state index in [0.717, 1.165) is 33.6 Å². The van der Waals surface area contributed by atoms with Gasteiger partial charge in [0.2, 0.25) is 0 Å². The molecular weight excluding hydrogens is 516 g/mol. The summed E-state index contributed by atoms with van der Waals surface area (Å²) in [5, 5.41) is 0. The number of para-hydroxylation sites is 1. The molecule has 208 valence electrons. The SMILES string of the molecule is COc1ccc(C(=O)/C=C/C2=C(c3ccc(OC)c(OC)c3)Oc3ccccc3C2c2ccccc2C)cc1OC. The minimum atomic E-state index is -0.182. The maximum Gasteiger partial charge on any atom is 0.185 e. The number of ether oxygens (including phenoxy) is 5. The summed E-state index contributed by atoms with van der Waals surface area (Å²) in [4.78, 5) is 13.5. The van der Waals surface area contributed by atoms with Gasteiger partial charge in [-0.3, -0.25) is 4.79 Å². The van der Waals surface area contributed by atoms with Gasteiger partial charge in [-0.1, -0.05) is 48.5 Å². The van der Waals surface area contributed by atoms with Crippen molar-refractivity contribution in [2.24, 2.45) is 0 Å². The molecule has 0 amide bonds. The molecule has 5 rings (SSSR count). The van der Waals surface area contributed by atoms with Gasteiger partial charge in [-0.05, 0) is 66.6 Å². The van der Waals surface area contributed by atoms with E-state index >= 15 is 0 Å². The Morgan fingerprint density at radius 3 is 2.00 bits per heavy atom. The molecule has 1 unspecified atom stereocenters. The minimum Gasteiger partial charge on any atom is -0.493 e. The molecule has 0 N–H and O–H groups in total. The van der Waals surface area contributed by atoms with Crippen LogP contribution in [0.25, 0.3) is 5.76 Å². The van der Waals surface area contributed by atoms with Crippen molar-refractivity contribution in [3.8, 4) is 28.7 Å². The lowest BCUT2D eigenvalue weighted by Crippen LogP contribution is -2.16. The van der Waals surface area contributed by atoms with Crippen LogP contribution in [-0.4, -0.2) is 34.2 Å². The number of allylic oxidation sites excluding steroid dienone is 3. The molecule has 1 heterocycles. The molecule has 4 aromatic carbocycles. The molecular formula is C35H32O6. The van der Waals surface area contributed by atoms with E-state index in [-0.39, 0.29) is 11.7 Å². The lowest BCUT2D eigenvalue weighted by atomic mass is 9.79. The van der Waals surface area contributed by atoms with Crippen LogP contribution in [0, 0.1) is 6.92 Å². The van der Waals surface area contributed by atoms with E-state index in [1.54, 1.807) is 52.7 Å². The van der Waals surface area contributed by atoms with E-state index < -0.39 is 0 Å². The number of hydrogen-bond donors (Lipinski definition) is 0. The van der Waals surface area contributed by atoms with Gasteiger partial charge in [0.05, 0.1) is 28.4 Å². The van der Waals surface area contributed by atoms with Crippen LogP contribution in [0.15, 0.2) is 103 Å². The number of benzene rings is 4. The first kappa shape index (κ1) is 27.6. The van der Waals surface area contributed by atoms with Crippen LogP contribution in [-0.2, 0) is 0 Å². The Balaban J connectivity index is 1.70. The molecule has 0 radical (unpaired) electrons. The Hall–Kier alpha value is -4.97. The molecule has 0 aliphatic carbocycles. The Bertz CT molecular complexity index is 1650. The van der Waals surface area contributed by atoms with E-state index in [0.29, 0.717) is 34.3 Å². The number of rotatable bonds is 9. The van der Waals surface area contributed by atoms with Gasteiger partial charge in [-0.25, -0.2) is 0 Å². The van der Waals surface area contributed by atoms with Gasteiger partial charge < -0.3 is 23.7 Å². The summed E-state index contributed by atoms with van der Waals surface area (Å²) in [7, 11) is 6.32. The van der Waals surface area contributed by atoms with Crippen LogP contribution >= 0.6 is 0 Å². The van der Waals surface area contributed by atoms with Gasteiger partial charge in [0, 0.05) is 28.2 Å². The van der Waals surface area contributed by atoms with Crippen LogP contribution in [0.4, 0.5) is 0 Å². The fourth-order valence-corrected chi connectivity index (χ4v) is 5.15. The largest absolute Gasteiger partial charge is 0.493 e. The number of ketones is 1. The summed E-state index contributed by atoms with van der Waals surface area (Å²) < 4.78 is 28.4. The van der Waals surface area contributed by atoms with Crippen molar-refractivity contribution in [2.45, 2.75) is 12.8 Å². The number of carbonyl (C=O) groups is 1. The number of methoxy groups -OCH3 is 4. The lowest BCUT2D eigenvalue weighted by Gasteiger charge is -2.31. The molecule has 4 aromatic rings. The van der Waals surface area contributed by atoms with E-state index in [4.69, 9.17) is 23.7 Å². The van der Waals surface area contributed by atoms with Crippen molar-refractivity contribution in [1.29, 1.82) is 0 Å². The molecule has 0 saturated carbocycles. The fraction of sp³-hybridized carbons (Fsp3) is 0.171. The predicted molar refractivity (Wildman–Crippen MR) is 160 cm³/mol. The number of fused-ring (bicyclic) bond motifs is 1. The molecule has 6 nitrogen and oxygen atoms in total. The van der Waals surface area contributed by atoms with Crippen LogP contribution in [0.1, 0.15) is 38.5 Å². The zero-order chi connectivity index (χ0) is 28.9. The first-order chi connectivity index (χ1) is 20.0. The number of aryl methyl sites for hydroxylation is 1. The Labute approximate surface area is 240 Å². The van der Waals surface area contributed by atoms with Gasteiger partial charge in [0.15, 0.2) is 28.8 Å². The van der Waals surface area contributed by atoms with Crippen LogP contribution in [0.5, 0.6) is 28.7 Å². The second-order valence-electron chi connectivity index (χ2n) is 9.55. The molecule has 1 aliphatic heterocycles. The van der Waals surface area contributed by atoms with Gasteiger partial charge in [0.1, 0.15) is 11.5 Å². The van der Waals surface area contributed by atoms with Crippen molar-refractivity contribution in [3.05, 3.63) is 130 Å². The van der Waals surface area contributed by atoms with Crippen molar-refractivity contribution >= 4 is 11.5 Å². The Morgan fingerprint density at radius 1 is 0.707 bits per heavy atom. The molecule has 0 aromatic heterocycles. The fourth-order valence-electron chi connectivity index (χ4n) is 5.15. The predicted octanol–water partition coefficient (Wildman–Crippen LogP) is 7.40. The highest BCUT2D eigenvalue weighted by molar-refractivity contribution is 6.05. The summed E-state index contributed by atoms with van der Waals surface area (Å²) in [6.07, 6.45) is 3.44. The monoisotopic (exact) mass is 548 g/mol. The van der Waals surface area contributed by atoms with Crippen molar-refractivity contribution in [2.75, 3.05) is 28.4 Å². The van der Waals surface area contributed by atoms with Crippen molar-refractivity contribution in [1.82, 2.24) is 0 Å². The van der Waals surface area contributed by atoms with E-state index in [1.165, 1.54) is 0 Å². The molecule has 6 heteroatoms. The molecule has 0 saturated heterocycles. The first-order valence-electron chi connectivity index (χ1n) is 13.2. The molecule has 41 heavy (non-hydrogen) atoms. The van der Waals surface area contributed by atoms with Crippen molar-refractivity contribution in [3.63, 3.8) is 0 Å². The zero-order valence-corrected chi connectivity index (χ0v) is 23.8. The summed E-state index contributed by atoms with van der Waals surface area (Å²) >= 11 is 0. The van der Waals surface area contributed by atoms with Crippen LogP contribution in [0.3, 0.4) is 0 Å². The normalized spacial score (nSPS) is 14.3.